The fraction of sp³-hybridized carbons (Fsp3) is 0.400. The van der Waals surface area contributed by atoms with Gasteiger partial charge < -0.3 is 4.90 Å². The Kier molecular flexibility index (Phi) is 5.14. The number of amides is 1. The van der Waals surface area contributed by atoms with Gasteiger partial charge in [0.25, 0.3) is 0 Å². The molecule has 0 radical (unpaired) electrons. The van der Waals surface area contributed by atoms with E-state index in [0.717, 1.165) is 5.56 Å². The molecule has 1 saturated heterocycles. The molecule has 1 amide bonds. The van der Waals surface area contributed by atoms with E-state index in [9.17, 15) is 13.2 Å². The molecule has 1 aromatic carbocycles. The van der Waals surface area contributed by atoms with E-state index < -0.39 is 15.3 Å². The van der Waals surface area contributed by atoms with E-state index in [0.29, 0.717) is 32.5 Å². The lowest BCUT2D eigenvalue weighted by Gasteiger charge is -2.31. The summed E-state index contributed by atoms with van der Waals surface area (Å²) in [6.45, 7) is 4.67. The van der Waals surface area contributed by atoms with Crippen molar-refractivity contribution in [3.63, 3.8) is 0 Å². The highest BCUT2D eigenvalue weighted by atomic mass is 32.2. The molecule has 1 aliphatic rings. The van der Waals surface area contributed by atoms with Crippen LogP contribution in [0, 0.1) is 0 Å². The van der Waals surface area contributed by atoms with Crippen LogP contribution in [0.4, 0.5) is 0 Å². The molecular weight excluding hydrogens is 288 g/mol. The number of rotatable bonds is 5. The molecule has 1 heterocycles. The smallest absolute Gasteiger partial charge is 0.245 e. The summed E-state index contributed by atoms with van der Waals surface area (Å²) in [6, 6.07) is 9.41. The highest BCUT2D eigenvalue weighted by Crippen LogP contribution is 2.17. The van der Waals surface area contributed by atoms with E-state index in [1.807, 2.05) is 30.3 Å². The molecule has 0 aromatic heterocycles. The van der Waals surface area contributed by atoms with Gasteiger partial charge in [-0.05, 0) is 24.5 Å². The minimum absolute atomic E-state index is 0.136. The molecule has 1 aromatic rings. The standard InChI is InChI=1S/C15H20N2O3S/c1-2-15(18)17-10-8-14(9-11-17)21(19,20)16-12-13-6-4-3-5-7-13/h2-7,14,16H,1,8-12H2. The predicted molar refractivity (Wildman–Crippen MR) is 82.0 cm³/mol. The first kappa shape index (κ1) is 15.7. The fourth-order valence-corrected chi connectivity index (χ4v) is 3.85. The number of piperidine rings is 1. The zero-order chi connectivity index (χ0) is 15.3. The Morgan fingerprint density at radius 3 is 2.48 bits per heavy atom. The van der Waals surface area contributed by atoms with Crippen molar-refractivity contribution in [3.05, 3.63) is 48.6 Å². The van der Waals surface area contributed by atoms with Gasteiger partial charge in [-0.2, -0.15) is 0 Å². The van der Waals surface area contributed by atoms with Crippen molar-refractivity contribution in [1.82, 2.24) is 9.62 Å². The van der Waals surface area contributed by atoms with Crippen LogP contribution in [-0.2, 0) is 21.4 Å². The second-order valence-electron chi connectivity index (χ2n) is 5.08. The molecule has 1 fully saturated rings. The molecule has 5 nitrogen and oxygen atoms in total. The maximum atomic E-state index is 12.3. The number of sulfonamides is 1. The summed E-state index contributed by atoms with van der Waals surface area (Å²) < 4.78 is 27.2. The predicted octanol–water partition coefficient (Wildman–Crippen LogP) is 1.28. The van der Waals surface area contributed by atoms with Crippen molar-refractivity contribution in [2.75, 3.05) is 13.1 Å². The summed E-state index contributed by atoms with van der Waals surface area (Å²) in [4.78, 5) is 13.1. The van der Waals surface area contributed by atoms with Crippen LogP contribution in [0.1, 0.15) is 18.4 Å². The van der Waals surface area contributed by atoms with Crippen LogP contribution in [0.25, 0.3) is 0 Å². The molecule has 6 heteroatoms. The highest BCUT2D eigenvalue weighted by molar-refractivity contribution is 7.90. The Bertz CT molecular complexity index is 591. The molecule has 1 N–H and O–H groups in total. The number of carbonyl (C=O) groups excluding carboxylic acids is 1. The van der Waals surface area contributed by atoms with Crippen LogP contribution in [0.5, 0.6) is 0 Å². The van der Waals surface area contributed by atoms with E-state index in [2.05, 4.69) is 11.3 Å². The molecule has 0 aliphatic carbocycles. The Morgan fingerprint density at radius 2 is 1.90 bits per heavy atom. The van der Waals surface area contributed by atoms with Gasteiger partial charge in [0.05, 0.1) is 5.25 Å². The molecule has 0 bridgehead atoms. The van der Waals surface area contributed by atoms with Crippen LogP contribution in [0.2, 0.25) is 0 Å². The molecule has 0 spiro atoms. The van der Waals surface area contributed by atoms with E-state index in [1.54, 1.807) is 4.90 Å². The average Bonchev–Trinajstić information content (AvgIpc) is 2.53. The van der Waals surface area contributed by atoms with Gasteiger partial charge in [0.15, 0.2) is 0 Å². The number of carbonyl (C=O) groups is 1. The largest absolute Gasteiger partial charge is 0.339 e. The monoisotopic (exact) mass is 308 g/mol. The minimum Gasteiger partial charge on any atom is -0.339 e. The summed E-state index contributed by atoms with van der Waals surface area (Å²) in [7, 11) is -3.35. The zero-order valence-electron chi connectivity index (χ0n) is 11.9. The van der Waals surface area contributed by atoms with Crippen molar-refractivity contribution < 1.29 is 13.2 Å². The van der Waals surface area contributed by atoms with Gasteiger partial charge >= 0.3 is 0 Å². The lowest BCUT2D eigenvalue weighted by Crippen LogP contribution is -2.44. The summed E-state index contributed by atoms with van der Waals surface area (Å²) in [5, 5.41) is -0.435. The fourth-order valence-electron chi connectivity index (χ4n) is 2.41. The van der Waals surface area contributed by atoms with Crippen LogP contribution < -0.4 is 4.72 Å². The van der Waals surface area contributed by atoms with Crippen LogP contribution >= 0.6 is 0 Å². The van der Waals surface area contributed by atoms with Gasteiger partial charge in [0, 0.05) is 19.6 Å². The van der Waals surface area contributed by atoms with Gasteiger partial charge in [-0.25, -0.2) is 13.1 Å². The first-order valence-electron chi connectivity index (χ1n) is 6.96. The SMILES string of the molecule is C=CC(=O)N1CCC(S(=O)(=O)NCc2ccccc2)CC1. The Hall–Kier alpha value is -1.66. The second-order valence-corrected chi connectivity index (χ2v) is 7.13. The second kappa shape index (κ2) is 6.87. The average molecular weight is 308 g/mol. The number of nitrogens with one attached hydrogen (secondary N) is 1. The third kappa shape index (κ3) is 4.15. The van der Waals surface area contributed by atoms with E-state index in [4.69, 9.17) is 0 Å². The van der Waals surface area contributed by atoms with Crippen molar-refractivity contribution in [2.24, 2.45) is 0 Å². The van der Waals surface area contributed by atoms with Gasteiger partial charge in [-0.1, -0.05) is 36.9 Å². The van der Waals surface area contributed by atoms with E-state index >= 15 is 0 Å². The number of benzene rings is 1. The maximum Gasteiger partial charge on any atom is 0.245 e. The molecule has 1 aliphatic heterocycles. The zero-order valence-corrected chi connectivity index (χ0v) is 12.7. The highest BCUT2D eigenvalue weighted by Gasteiger charge is 2.30. The van der Waals surface area contributed by atoms with E-state index in [1.165, 1.54) is 6.08 Å². The first-order chi connectivity index (χ1) is 10.0. The Morgan fingerprint density at radius 1 is 1.29 bits per heavy atom. The van der Waals surface area contributed by atoms with Crippen LogP contribution in [-0.4, -0.2) is 37.6 Å². The van der Waals surface area contributed by atoms with Crippen LogP contribution in [0.3, 0.4) is 0 Å². The van der Waals surface area contributed by atoms with Crippen molar-refractivity contribution in [3.8, 4) is 0 Å². The molecule has 0 saturated carbocycles. The topological polar surface area (TPSA) is 66.5 Å². The molecule has 21 heavy (non-hydrogen) atoms. The molecule has 0 atom stereocenters. The molecular formula is C15H20N2O3S. The molecule has 0 unspecified atom stereocenters. The molecule has 2 rings (SSSR count). The van der Waals surface area contributed by atoms with Crippen molar-refractivity contribution >= 4 is 15.9 Å². The number of hydrogen-bond acceptors (Lipinski definition) is 3. The third-order valence-corrected chi connectivity index (χ3v) is 5.58. The van der Waals surface area contributed by atoms with Crippen molar-refractivity contribution in [2.45, 2.75) is 24.6 Å². The van der Waals surface area contributed by atoms with Gasteiger partial charge in [-0.3, -0.25) is 4.79 Å². The van der Waals surface area contributed by atoms with E-state index in [-0.39, 0.29) is 5.91 Å². The number of likely N-dealkylation sites (tertiary alicyclic amines) is 1. The quantitative estimate of drug-likeness (QED) is 0.833. The van der Waals surface area contributed by atoms with Crippen molar-refractivity contribution in [1.29, 1.82) is 0 Å². The summed E-state index contributed by atoms with van der Waals surface area (Å²) in [5.41, 5.74) is 0.931. The maximum absolute atomic E-state index is 12.3. The normalized spacial score (nSPS) is 16.7. The van der Waals surface area contributed by atoms with Gasteiger partial charge in [0.1, 0.15) is 0 Å². The Balaban J connectivity index is 1.89. The molecule has 114 valence electrons. The summed E-state index contributed by atoms with van der Waals surface area (Å²) in [5.74, 6) is -0.136. The Labute approximate surface area is 125 Å². The van der Waals surface area contributed by atoms with Gasteiger partial charge in [-0.15, -0.1) is 0 Å². The lowest BCUT2D eigenvalue weighted by atomic mass is 10.1. The first-order valence-corrected chi connectivity index (χ1v) is 8.51. The summed E-state index contributed by atoms with van der Waals surface area (Å²) >= 11 is 0. The number of hydrogen-bond donors (Lipinski definition) is 1. The lowest BCUT2D eigenvalue weighted by molar-refractivity contribution is -0.126. The number of nitrogens with zero attached hydrogens (tertiary/aromatic N) is 1. The van der Waals surface area contributed by atoms with Crippen LogP contribution in [0.15, 0.2) is 43.0 Å². The summed E-state index contributed by atoms with van der Waals surface area (Å²) in [6.07, 6.45) is 2.19. The van der Waals surface area contributed by atoms with Gasteiger partial charge in [0.2, 0.25) is 15.9 Å². The minimum atomic E-state index is -3.35. The third-order valence-electron chi connectivity index (χ3n) is 3.69.